The molecule has 0 aliphatic rings. The number of hydrogen-bond donors (Lipinski definition) is 2. The van der Waals surface area contributed by atoms with Gasteiger partial charge in [0.15, 0.2) is 6.61 Å². The number of carboxylic acid groups (broad SMARTS) is 1. The van der Waals surface area contributed by atoms with Crippen molar-refractivity contribution < 1.29 is 19.4 Å². The molecule has 2 rings (SSSR count). The van der Waals surface area contributed by atoms with Crippen molar-refractivity contribution in [3.05, 3.63) is 59.9 Å². The van der Waals surface area contributed by atoms with Crippen molar-refractivity contribution in [1.29, 1.82) is 0 Å². The van der Waals surface area contributed by atoms with Crippen molar-refractivity contribution in [2.24, 2.45) is 5.10 Å². The van der Waals surface area contributed by atoms with Crippen LogP contribution in [-0.2, 0) is 4.79 Å². The number of benzene rings is 1. The molecule has 7 heteroatoms. The second-order valence-corrected chi connectivity index (χ2v) is 4.16. The normalized spacial score (nSPS) is 10.4. The zero-order chi connectivity index (χ0) is 15.8. The van der Waals surface area contributed by atoms with Crippen LogP contribution in [0.4, 0.5) is 0 Å². The largest absolute Gasteiger partial charge is 0.481 e. The topological polar surface area (TPSA) is 101 Å². The number of amides is 1. The second-order valence-electron chi connectivity index (χ2n) is 4.16. The first-order chi connectivity index (χ1) is 10.7. The number of para-hydroxylation sites is 1. The molecule has 0 saturated carbocycles. The van der Waals surface area contributed by atoms with Gasteiger partial charge in [0.1, 0.15) is 5.75 Å². The van der Waals surface area contributed by atoms with E-state index in [-0.39, 0.29) is 0 Å². The molecule has 0 spiro atoms. The van der Waals surface area contributed by atoms with Gasteiger partial charge < -0.3 is 9.84 Å². The summed E-state index contributed by atoms with van der Waals surface area (Å²) in [6.07, 6.45) is 4.37. The van der Waals surface area contributed by atoms with Gasteiger partial charge in [0.25, 0.3) is 5.91 Å². The summed E-state index contributed by atoms with van der Waals surface area (Å²) in [6, 6.07) is 10.0. The summed E-state index contributed by atoms with van der Waals surface area (Å²) in [5.74, 6) is -1.10. The van der Waals surface area contributed by atoms with Crippen molar-refractivity contribution >= 4 is 18.1 Å². The lowest BCUT2D eigenvalue weighted by molar-refractivity contribution is -0.139. The first kappa shape index (κ1) is 15.2. The smallest absolute Gasteiger partial charge is 0.341 e. The highest BCUT2D eigenvalue weighted by atomic mass is 16.5. The van der Waals surface area contributed by atoms with Gasteiger partial charge in [-0.05, 0) is 24.3 Å². The number of hydrogen-bond acceptors (Lipinski definition) is 5. The van der Waals surface area contributed by atoms with Crippen LogP contribution in [0.5, 0.6) is 5.75 Å². The molecule has 2 aromatic rings. The fourth-order valence-corrected chi connectivity index (χ4v) is 1.58. The molecule has 0 unspecified atom stereocenters. The molecule has 0 saturated heterocycles. The van der Waals surface area contributed by atoms with E-state index in [0.717, 1.165) is 0 Å². The minimum atomic E-state index is -1.07. The van der Waals surface area contributed by atoms with Gasteiger partial charge in [-0.15, -0.1) is 0 Å². The van der Waals surface area contributed by atoms with Crippen LogP contribution in [0.1, 0.15) is 15.9 Å². The maximum absolute atomic E-state index is 11.8. The first-order valence-corrected chi connectivity index (χ1v) is 6.34. The number of aliphatic carboxylic acids is 1. The second kappa shape index (κ2) is 7.53. The molecule has 1 aromatic carbocycles. The Morgan fingerprint density at radius 3 is 2.82 bits per heavy atom. The standard InChI is InChI=1S/C15H13N3O4/c19-14(20)10-22-13-6-2-1-4-11(13)9-17-18-15(21)12-5-3-7-16-8-12/h1-9H,10H2,(H,18,21)(H,19,20)/b17-9+. The molecule has 112 valence electrons. The van der Waals surface area contributed by atoms with Crippen molar-refractivity contribution in [1.82, 2.24) is 10.4 Å². The number of ether oxygens (including phenoxy) is 1. The van der Waals surface area contributed by atoms with E-state index in [9.17, 15) is 9.59 Å². The molecule has 1 amide bonds. The summed E-state index contributed by atoms with van der Waals surface area (Å²) in [6.45, 7) is -0.451. The number of rotatable bonds is 6. The Kier molecular flexibility index (Phi) is 5.20. The highest BCUT2D eigenvalue weighted by Gasteiger charge is 2.05. The molecule has 7 nitrogen and oxygen atoms in total. The Morgan fingerprint density at radius 1 is 1.27 bits per heavy atom. The number of carbonyl (C=O) groups excluding carboxylic acids is 1. The van der Waals surface area contributed by atoms with Gasteiger partial charge in [0.2, 0.25) is 0 Å². The van der Waals surface area contributed by atoms with Gasteiger partial charge in [0, 0.05) is 18.0 Å². The zero-order valence-corrected chi connectivity index (χ0v) is 11.5. The highest BCUT2D eigenvalue weighted by molar-refractivity contribution is 5.94. The highest BCUT2D eigenvalue weighted by Crippen LogP contribution is 2.15. The van der Waals surface area contributed by atoms with E-state index in [1.807, 2.05) is 0 Å². The lowest BCUT2D eigenvalue weighted by atomic mass is 10.2. The summed E-state index contributed by atoms with van der Waals surface area (Å²) < 4.78 is 5.13. The summed E-state index contributed by atoms with van der Waals surface area (Å²) in [4.78, 5) is 26.1. The van der Waals surface area contributed by atoms with Crippen LogP contribution in [0.2, 0.25) is 0 Å². The lowest BCUT2D eigenvalue weighted by Crippen LogP contribution is -2.17. The van der Waals surface area contributed by atoms with E-state index in [1.165, 1.54) is 12.4 Å². The molecule has 1 aromatic heterocycles. The van der Waals surface area contributed by atoms with Crippen LogP contribution in [0.15, 0.2) is 53.9 Å². The molecule has 0 radical (unpaired) electrons. The number of carboxylic acids is 1. The summed E-state index contributed by atoms with van der Waals surface area (Å²) in [5, 5.41) is 12.4. The fourth-order valence-electron chi connectivity index (χ4n) is 1.58. The summed E-state index contributed by atoms with van der Waals surface area (Å²) >= 11 is 0. The molecule has 1 heterocycles. The number of pyridine rings is 1. The van der Waals surface area contributed by atoms with E-state index < -0.39 is 18.5 Å². The Morgan fingerprint density at radius 2 is 2.09 bits per heavy atom. The molecule has 2 N–H and O–H groups in total. The van der Waals surface area contributed by atoms with Gasteiger partial charge in [-0.25, -0.2) is 10.2 Å². The molecule has 0 fully saturated rings. The van der Waals surface area contributed by atoms with Crippen LogP contribution in [0.3, 0.4) is 0 Å². The van der Waals surface area contributed by atoms with Crippen LogP contribution in [0, 0.1) is 0 Å². The molecule has 0 aliphatic carbocycles. The molecular weight excluding hydrogens is 286 g/mol. The van der Waals surface area contributed by atoms with Gasteiger partial charge in [-0.2, -0.15) is 5.10 Å². The van der Waals surface area contributed by atoms with Gasteiger partial charge in [-0.1, -0.05) is 12.1 Å². The summed E-state index contributed by atoms with van der Waals surface area (Å²) in [5.41, 5.74) is 3.29. The molecule has 0 atom stereocenters. The average Bonchev–Trinajstić information content (AvgIpc) is 2.54. The number of hydrazone groups is 1. The minimum Gasteiger partial charge on any atom is -0.481 e. The Hall–Kier alpha value is -3.22. The number of aromatic nitrogens is 1. The Balaban J connectivity index is 2.01. The van der Waals surface area contributed by atoms with Gasteiger partial charge >= 0.3 is 5.97 Å². The van der Waals surface area contributed by atoms with E-state index in [1.54, 1.807) is 42.6 Å². The molecule has 0 aliphatic heterocycles. The van der Waals surface area contributed by atoms with E-state index in [2.05, 4.69) is 15.5 Å². The zero-order valence-electron chi connectivity index (χ0n) is 11.5. The van der Waals surface area contributed by atoms with Crippen molar-refractivity contribution in [2.75, 3.05) is 6.61 Å². The number of carbonyl (C=O) groups is 2. The van der Waals surface area contributed by atoms with E-state index in [4.69, 9.17) is 9.84 Å². The average molecular weight is 299 g/mol. The molecule has 22 heavy (non-hydrogen) atoms. The predicted octanol–water partition coefficient (Wildman–Crippen LogP) is 1.31. The third kappa shape index (κ3) is 4.41. The van der Waals surface area contributed by atoms with Crippen LogP contribution < -0.4 is 10.2 Å². The predicted molar refractivity (Wildman–Crippen MR) is 78.9 cm³/mol. The Bertz CT molecular complexity index is 686. The maximum Gasteiger partial charge on any atom is 0.341 e. The van der Waals surface area contributed by atoms with Crippen molar-refractivity contribution in [3.8, 4) is 5.75 Å². The van der Waals surface area contributed by atoms with Gasteiger partial charge in [0.05, 0.1) is 11.8 Å². The third-order valence-corrected chi connectivity index (χ3v) is 2.56. The Labute approximate surface area is 126 Å². The van der Waals surface area contributed by atoms with Crippen molar-refractivity contribution in [3.63, 3.8) is 0 Å². The first-order valence-electron chi connectivity index (χ1n) is 6.34. The SMILES string of the molecule is O=C(O)COc1ccccc1/C=N/NC(=O)c1cccnc1. The van der Waals surface area contributed by atoms with E-state index >= 15 is 0 Å². The number of nitrogens with zero attached hydrogens (tertiary/aromatic N) is 2. The lowest BCUT2D eigenvalue weighted by Gasteiger charge is -2.06. The molecule has 0 bridgehead atoms. The maximum atomic E-state index is 11.8. The van der Waals surface area contributed by atoms with Crippen molar-refractivity contribution in [2.45, 2.75) is 0 Å². The van der Waals surface area contributed by atoms with Gasteiger partial charge in [-0.3, -0.25) is 9.78 Å². The number of nitrogens with one attached hydrogen (secondary N) is 1. The minimum absolute atomic E-state index is 0.365. The molecular formula is C15H13N3O4. The van der Waals surface area contributed by atoms with Crippen LogP contribution in [0.25, 0.3) is 0 Å². The fraction of sp³-hybridized carbons (Fsp3) is 0.0667. The quantitative estimate of drug-likeness (QED) is 0.618. The summed E-state index contributed by atoms with van der Waals surface area (Å²) in [7, 11) is 0. The van der Waals surface area contributed by atoms with E-state index in [0.29, 0.717) is 16.9 Å². The van der Waals surface area contributed by atoms with Crippen LogP contribution in [-0.4, -0.2) is 34.8 Å². The van der Waals surface area contributed by atoms with Crippen LogP contribution >= 0.6 is 0 Å². The monoisotopic (exact) mass is 299 g/mol. The third-order valence-electron chi connectivity index (χ3n) is 2.56.